The van der Waals surface area contributed by atoms with Crippen LogP contribution in [0.1, 0.15) is 29.5 Å². The highest BCUT2D eigenvalue weighted by molar-refractivity contribution is 7.17. The molecule has 0 saturated heterocycles. The van der Waals surface area contributed by atoms with Crippen molar-refractivity contribution >= 4 is 44.8 Å². The Balaban J connectivity index is 1.10. The maximum Gasteiger partial charge on any atom is 0.0433 e. The zero-order valence-corrected chi connectivity index (χ0v) is 28.2. The number of fused-ring (bicyclic) bond motifs is 3. The second-order valence-electron chi connectivity index (χ2n) is 12.6. The van der Waals surface area contributed by atoms with Crippen LogP contribution in [-0.2, 0) is 6.42 Å². The Morgan fingerprint density at radius 2 is 1.20 bits per heavy atom. The molecule has 0 radical (unpaired) electrons. The van der Waals surface area contributed by atoms with Crippen molar-refractivity contribution in [2.45, 2.75) is 19.3 Å². The summed E-state index contributed by atoms with van der Waals surface area (Å²) >= 11 is 1.93. The van der Waals surface area contributed by atoms with E-state index < -0.39 is 0 Å². The standard InChI is InChI=1S/C47H37NS/c48-45(36-14-5-2-6-15-36)32-40(25-24-33-12-3-1-4-13-33)39-18-9-16-37(30-39)34-26-28-35(29-27-34)38-17-10-19-41(31-38)42-21-11-22-44-43-20-7-8-23-46(43)49-47(42)44/h1-6,9-23,25-32H,7-8,24,48H2/b40-25+,45-32-. The Hall–Kier alpha value is -5.70. The third-order valence-corrected chi connectivity index (χ3v) is 10.6. The molecule has 0 aliphatic heterocycles. The summed E-state index contributed by atoms with van der Waals surface area (Å²) in [5.41, 5.74) is 19.3. The smallest absolute Gasteiger partial charge is 0.0433 e. The molecule has 1 aliphatic rings. The molecule has 0 spiro atoms. The lowest BCUT2D eigenvalue weighted by atomic mass is 9.94. The predicted octanol–water partition coefficient (Wildman–Crippen LogP) is 10.9. The number of rotatable bonds is 8. The van der Waals surface area contributed by atoms with Gasteiger partial charge in [-0.2, -0.15) is 0 Å². The highest BCUT2D eigenvalue weighted by Gasteiger charge is 2.11. The molecule has 2 heteroatoms. The van der Waals surface area contributed by atoms with Crippen LogP contribution in [0, 0.1) is 0 Å². The quantitative estimate of drug-likeness (QED) is 0.163. The summed E-state index contributed by atoms with van der Waals surface area (Å²) in [5.74, 6) is 0. The third kappa shape index (κ3) is 6.56. The van der Waals surface area contributed by atoms with Gasteiger partial charge in [0.05, 0.1) is 0 Å². The molecule has 0 atom stereocenters. The molecule has 236 valence electrons. The van der Waals surface area contributed by atoms with E-state index >= 15 is 0 Å². The topological polar surface area (TPSA) is 26.0 Å². The van der Waals surface area contributed by atoms with Crippen molar-refractivity contribution in [1.29, 1.82) is 0 Å². The molecule has 1 aliphatic carbocycles. The predicted molar refractivity (Wildman–Crippen MR) is 212 cm³/mol. The lowest BCUT2D eigenvalue weighted by molar-refractivity contribution is 1.13. The molecular weight excluding hydrogens is 611 g/mol. The molecule has 1 nitrogen and oxygen atoms in total. The van der Waals surface area contributed by atoms with Crippen LogP contribution in [0.15, 0.2) is 164 Å². The zero-order valence-electron chi connectivity index (χ0n) is 27.4. The van der Waals surface area contributed by atoms with Gasteiger partial charge in [0.1, 0.15) is 0 Å². The van der Waals surface area contributed by atoms with Gasteiger partial charge in [0.25, 0.3) is 0 Å². The largest absolute Gasteiger partial charge is 0.398 e. The number of thiophene rings is 1. The minimum absolute atomic E-state index is 0.753. The molecule has 0 amide bonds. The fourth-order valence-electron chi connectivity index (χ4n) is 6.77. The third-order valence-electron chi connectivity index (χ3n) is 9.37. The SMILES string of the molecule is N/C(=C\C(=C/Cc1ccccc1)c1cccc(-c2ccc(-c3cccc(-c4cccc5c6c(sc45)=CCCC=6)c3)cc2)c1)c1ccccc1. The highest BCUT2D eigenvalue weighted by atomic mass is 32.1. The number of hydrogen-bond acceptors (Lipinski definition) is 2. The zero-order chi connectivity index (χ0) is 33.0. The lowest BCUT2D eigenvalue weighted by Gasteiger charge is -2.11. The Kier molecular flexibility index (Phi) is 8.63. The molecule has 1 heterocycles. The summed E-state index contributed by atoms with van der Waals surface area (Å²) in [6, 6.07) is 54.2. The maximum absolute atomic E-state index is 6.64. The first-order valence-electron chi connectivity index (χ1n) is 17.0. The van der Waals surface area contributed by atoms with Crippen LogP contribution in [0.4, 0.5) is 0 Å². The first kappa shape index (κ1) is 30.6. The Bertz CT molecular complexity index is 2450. The van der Waals surface area contributed by atoms with Gasteiger partial charge in [-0.25, -0.2) is 0 Å². The Morgan fingerprint density at radius 3 is 1.98 bits per heavy atom. The van der Waals surface area contributed by atoms with Crippen LogP contribution in [0.2, 0.25) is 0 Å². The minimum atomic E-state index is 0.753. The molecule has 7 aromatic rings. The molecule has 0 unspecified atom stereocenters. The maximum atomic E-state index is 6.64. The van der Waals surface area contributed by atoms with Crippen LogP contribution in [-0.4, -0.2) is 0 Å². The average molecular weight is 648 g/mol. The molecule has 1 aromatic heterocycles. The molecule has 2 N–H and O–H groups in total. The summed E-state index contributed by atoms with van der Waals surface area (Å²) in [5, 5.41) is 2.79. The van der Waals surface area contributed by atoms with Gasteiger partial charge in [-0.05, 0) is 98.3 Å². The second kappa shape index (κ2) is 13.8. The van der Waals surface area contributed by atoms with Crippen LogP contribution in [0.3, 0.4) is 0 Å². The van der Waals surface area contributed by atoms with Gasteiger partial charge in [-0.15, -0.1) is 11.3 Å². The molecule has 0 fully saturated rings. The highest BCUT2D eigenvalue weighted by Crippen LogP contribution is 2.34. The first-order chi connectivity index (χ1) is 24.2. The summed E-state index contributed by atoms with van der Waals surface area (Å²) in [6.07, 6.45) is 12.3. The summed E-state index contributed by atoms with van der Waals surface area (Å²) in [7, 11) is 0. The van der Waals surface area contributed by atoms with Crippen LogP contribution in [0.5, 0.6) is 0 Å². The molecular formula is C47H37NS. The van der Waals surface area contributed by atoms with E-state index in [-0.39, 0.29) is 0 Å². The number of nitrogens with two attached hydrogens (primary N) is 1. The molecule has 0 bridgehead atoms. The molecule has 6 aromatic carbocycles. The van der Waals surface area contributed by atoms with Gasteiger partial charge in [0, 0.05) is 20.3 Å². The first-order valence-corrected chi connectivity index (χ1v) is 17.8. The minimum Gasteiger partial charge on any atom is -0.398 e. The summed E-state index contributed by atoms with van der Waals surface area (Å²) in [6.45, 7) is 0. The average Bonchev–Trinajstić information content (AvgIpc) is 3.56. The van der Waals surface area contributed by atoms with Crippen LogP contribution < -0.4 is 15.5 Å². The van der Waals surface area contributed by atoms with Crippen LogP contribution in [0.25, 0.3) is 66.9 Å². The van der Waals surface area contributed by atoms with E-state index in [1.807, 2.05) is 29.5 Å². The molecule has 0 saturated carbocycles. The normalized spacial score (nSPS) is 13.1. The molecule has 49 heavy (non-hydrogen) atoms. The van der Waals surface area contributed by atoms with E-state index in [1.54, 1.807) is 0 Å². The van der Waals surface area contributed by atoms with Crippen molar-refractivity contribution in [3.63, 3.8) is 0 Å². The van der Waals surface area contributed by atoms with Crippen molar-refractivity contribution in [2.75, 3.05) is 0 Å². The van der Waals surface area contributed by atoms with Crippen molar-refractivity contribution in [2.24, 2.45) is 5.73 Å². The van der Waals surface area contributed by atoms with E-state index in [2.05, 4.69) is 158 Å². The van der Waals surface area contributed by atoms with E-state index in [4.69, 9.17) is 5.73 Å². The van der Waals surface area contributed by atoms with Gasteiger partial charge in [0.2, 0.25) is 0 Å². The van der Waals surface area contributed by atoms with Crippen LogP contribution >= 0.6 is 11.3 Å². The fraction of sp³-hybridized carbons (Fsp3) is 0.0638. The van der Waals surface area contributed by atoms with Crippen molar-refractivity contribution in [3.05, 3.63) is 190 Å². The van der Waals surface area contributed by atoms with Crippen molar-refractivity contribution < 1.29 is 0 Å². The summed E-state index contributed by atoms with van der Waals surface area (Å²) < 4.78 is 2.80. The van der Waals surface area contributed by atoms with E-state index in [9.17, 15) is 0 Å². The molecule has 8 rings (SSSR count). The summed E-state index contributed by atoms with van der Waals surface area (Å²) in [4.78, 5) is 0. The Labute approximate surface area is 292 Å². The van der Waals surface area contributed by atoms with Gasteiger partial charge in [-0.1, -0.05) is 158 Å². The van der Waals surface area contributed by atoms with Gasteiger partial charge < -0.3 is 5.73 Å². The fourth-order valence-corrected chi connectivity index (χ4v) is 8.08. The number of benzene rings is 6. The number of hydrogen-bond donors (Lipinski definition) is 1. The van der Waals surface area contributed by atoms with Gasteiger partial charge in [-0.3, -0.25) is 0 Å². The number of allylic oxidation sites excluding steroid dienone is 3. The second-order valence-corrected chi connectivity index (χ2v) is 13.7. The lowest BCUT2D eigenvalue weighted by Crippen LogP contribution is -2.20. The monoisotopic (exact) mass is 647 g/mol. The van der Waals surface area contributed by atoms with Crippen molar-refractivity contribution in [3.8, 4) is 33.4 Å². The van der Waals surface area contributed by atoms with Crippen molar-refractivity contribution in [1.82, 2.24) is 0 Å². The van der Waals surface area contributed by atoms with E-state index in [0.29, 0.717) is 0 Å². The van der Waals surface area contributed by atoms with Gasteiger partial charge >= 0.3 is 0 Å². The van der Waals surface area contributed by atoms with E-state index in [1.165, 1.54) is 58.8 Å². The van der Waals surface area contributed by atoms with E-state index in [0.717, 1.165) is 41.7 Å². The Morgan fingerprint density at radius 1 is 0.571 bits per heavy atom. The van der Waals surface area contributed by atoms with Gasteiger partial charge in [0.15, 0.2) is 0 Å².